The molecule has 2 atom stereocenters. The summed E-state index contributed by atoms with van der Waals surface area (Å²) in [6.45, 7) is 0. The average Bonchev–Trinajstić information content (AvgIpc) is 2.53. The van der Waals surface area contributed by atoms with Gasteiger partial charge in [0.2, 0.25) is 5.91 Å². The van der Waals surface area contributed by atoms with Gasteiger partial charge in [-0.05, 0) is 12.8 Å². The van der Waals surface area contributed by atoms with Crippen LogP contribution in [0.5, 0.6) is 0 Å². The molecule has 0 N–H and O–H groups in total. The van der Waals surface area contributed by atoms with Crippen molar-refractivity contribution in [3.63, 3.8) is 0 Å². The Morgan fingerprint density at radius 3 is 2.30 bits per heavy atom. The number of hydroxylamine groups is 2. The van der Waals surface area contributed by atoms with Gasteiger partial charge in [-0.2, -0.15) is 0 Å². The molecule has 1 aromatic carbocycles. The fraction of sp³-hybridized carbons (Fsp3) is 0.375. The van der Waals surface area contributed by atoms with Crippen molar-refractivity contribution in [1.29, 1.82) is 0 Å². The van der Waals surface area contributed by atoms with E-state index in [4.69, 9.17) is 4.84 Å². The van der Waals surface area contributed by atoms with Crippen molar-refractivity contribution in [2.24, 2.45) is 11.8 Å². The molecular formula is C16H19NO3. The van der Waals surface area contributed by atoms with E-state index < -0.39 is 0 Å². The molecule has 0 saturated carbocycles. The third-order valence-electron chi connectivity index (χ3n) is 3.73. The van der Waals surface area contributed by atoms with Crippen LogP contribution in [-0.4, -0.2) is 30.9 Å². The fourth-order valence-corrected chi connectivity index (χ4v) is 2.52. The lowest BCUT2D eigenvalue weighted by molar-refractivity contribution is -0.174. The molecule has 0 unspecified atom stereocenters. The molecule has 0 heterocycles. The summed E-state index contributed by atoms with van der Waals surface area (Å²) in [5.74, 6) is -0.783. The molecule has 0 spiro atoms. The maximum absolute atomic E-state index is 12.6. The lowest BCUT2D eigenvalue weighted by Gasteiger charge is -2.29. The van der Waals surface area contributed by atoms with Crippen molar-refractivity contribution in [3.05, 3.63) is 48.0 Å². The van der Waals surface area contributed by atoms with E-state index in [0.717, 1.165) is 0 Å². The lowest BCUT2D eigenvalue weighted by Crippen LogP contribution is -2.39. The van der Waals surface area contributed by atoms with Crippen LogP contribution in [0.4, 0.5) is 0 Å². The van der Waals surface area contributed by atoms with E-state index in [1.807, 2.05) is 30.4 Å². The molecule has 106 valence electrons. The highest BCUT2D eigenvalue weighted by atomic mass is 16.7. The normalized spacial score (nSPS) is 21.5. The number of ketones is 1. The van der Waals surface area contributed by atoms with Crippen molar-refractivity contribution in [1.82, 2.24) is 5.06 Å². The Kier molecular flexibility index (Phi) is 4.69. The van der Waals surface area contributed by atoms with Gasteiger partial charge in [0, 0.05) is 18.5 Å². The zero-order valence-corrected chi connectivity index (χ0v) is 11.8. The van der Waals surface area contributed by atoms with E-state index >= 15 is 0 Å². The first kappa shape index (κ1) is 14.5. The third kappa shape index (κ3) is 2.96. The van der Waals surface area contributed by atoms with E-state index in [-0.39, 0.29) is 23.5 Å². The standard InChI is InChI=1S/C16H19NO3/c1-17(20-2)16(19)14-11-7-6-10-13(14)15(18)12-8-4-3-5-9-12/h3-9,13-14H,10-11H2,1-2H3/t13-,14+/m0/s1. The number of hydrogen-bond acceptors (Lipinski definition) is 3. The number of benzene rings is 1. The van der Waals surface area contributed by atoms with Crippen LogP contribution in [-0.2, 0) is 9.63 Å². The summed E-state index contributed by atoms with van der Waals surface area (Å²) in [6, 6.07) is 9.14. The highest BCUT2D eigenvalue weighted by Gasteiger charge is 2.36. The van der Waals surface area contributed by atoms with Crippen molar-refractivity contribution in [2.45, 2.75) is 12.8 Å². The van der Waals surface area contributed by atoms with E-state index in [0.29, 0.717) is 18.4 Å². The number of rotatable bonds is 4. The van der Waals surface area contributed by atoms with Crippen LogP contribution < -0.4 is 0 Å². The smallest absolute Gasteiger partial charge is 0.250 e. The summed E-state index contributed by atoms with van der Waals surface area (Å²) < 4.78 is 0. The molecule has 2 rings (SSSR count). The number of Topliss-reactive ketones (excluding diaryl/α,β-unsaturated/α-hetero) is 1. The number of hydrogen-bond donors (Lipinski definition) is 0. The largest absolute Gasteiger partial charge is 0.294 e. The molecule has 1 aromatic rings. The van der Waals surface area contributed by atoms with Crippen LogP contribution in [0.2, 0.25) is 0 Å². The molecule has 4 nitrogen and oxygen atoms in total. The minimum Gasteiger partial charge on any atom is -0.294 e. The summed E-state index contributed by atoms with van der Waals surface area (Å²) in [4.78, 5) is 29.8. The Morgan fingerprint density at radius 1 is 1.10 bits per heavy atom. The topological polar surface area (TPSA) is 46.6 Å². The highest BCUT2D eigenvalue weighted by Crippen LogP contribution is 2.30. The molecule has 20 heavy (non-hydrogen) atoms. The van der Waals surface area contributed by atoms with Crippen molar-refractivity contribution < 1.29 is 14.4 Å². The van der Waals surface area contributed by atoms with Crippen molar-refractivity contribution >= 4 is 11.7 Å². The second-order valence-corrected chi connectivity index (χ2v) is 4.90. The minimum absolute atomic E-state index is 0.0257. The number of carbonyl (C=O) groups is 2. The van der Waals surface area contributed by atoms with Crippen molar-refractivity contribution in [3.8, 4) is 0 Å². The molecule has 0 aromatic heterocycles. The average molecular weight is 273 g/mol. The molecule has 1 aliphatic carbocycles. The van der Waals surface area contributed by atoms with Gasteiger partial charge >= 0.3 is 0 Å². The summed E-state index contributed by atoms with van der Waals surface area (Å²) in [5.41, 5.74) is 0.658. The van der Waals surface area contributed by atoms with Crippen molar-refractivity contribution in [2.75, 3.05) is 14.2 Å². The minimum atomic E-state index is -0.349. The van der Waals surface area contributed by atoms with Gasteiger partial charge in [-0.3, -0.25) is 14.4 Å². The Bertz CT molecular complexity index is 510. The van der Waals surface area contributed by atoms with Crippen LogP contribution in [0, 0.1) is 11.8 Å². The molecule has 4 heteroatoms. The Hall–Kier alpha value is -1.94. The van der Waals surface area contributed by atoms with Gasteiger partial charge in [-0.25, -0.2) is 5.06 Å². The van der Waals surface area contributed by atoms with Gasteiger partial charge < -0.3 is 0 Å². The molecular weight excluding hydrogens is 254 g/mol. The summed E-state index contributed by atoms with van der Waals surface area (Å²) in [5, 5.41) is 1.20. The van der Waals surface area contributed by atoms with Gasteiger partial charge in [0.1, 0.15) is 0 Å². The number of carbonyl (C=O) groups excluding carboxylic acids is 2. The molecule has 1 amide bonds. The van der Waals surface area contributed by atoms with Gasteiger partial charge in [-0.15, -0.1) is 0 Å². The predicted molar refractivity (Wildman–Crippen MR) is 75.9 cm³/mol. The second kappa shape index (κ2) is 6.48. The molecule has 0 aliphatic heterocycles. The van der Waals surface area contributed by atoms with Crippen LogP contribution >= 0.6 is 0 Å². The van der Waals surface area contributed by atoms with Gasteiger partial charge in [-0.1, -0.05) is 42.5 Å². The van der Waals surface area contributed by atoms with Gasteiger partial charge in [0.05, 0.1) is 13.0 Å². The number of allylic oxidation sites excluding steroid dienone is 2. The Morgan fingerprint density at radius 2 is 1.70 bits per heavy atom. The Labute approximate surface area is 119 Å². The fourth-order valence-electron chi connectivity index (χ4n) is 2.52. The monoisotopic (exact) mass is 273 g/mol. The zero-order valence-electron chi connectivity index (χ0n) is 11.8. The van der Waals surface area contributed by atoms with E-state index in [2.05, 4.69) is 0 Å². The Balaban J connectivity index is 2.22. The maximum atomic E-state index is 12.6. The lowest BCUT2D eigenvalue weighted by atomic mass is 9.78. The summed E-state index contributed by atoms with van der Waals surface area (Å²) >= 11 is 0. The summed E-state index contributed by atoms with van der Waals surface area (Å²) in [6.07, 6.45) is 5.11. The maximum Gasteiger partial charge on any atom is 0.250 e. The number of nitrogens with zero attached hydrogens (tertiary/aromatic N) is 1. The molecule has 0 saturated heterocycles. The summed E-state index contributed by atoms with van der Waals surface area (Å²) in [7, 11) is 3.02. The van der Waals surface area contributed by atoms with E-state index in [1.54, 1.807) is 19.2 Å². The van der Waals surface area contributed by atoms with E-state index in [9.17, 15) is 9.59 Å². The molecule has 0 fully saturated rings. The van der Waals surface area contributed by atoms with Gasteiger partial charge in [0.15, 0.2) is 5.78 Å². The first-order valence-corrected chi connectivity index (χ1v) is 6.71. The predicted octanol–water partition coefficient (Wildman–Crippen LogP) is 2.47. The van der Waals surface area contributed by atoms with E-state index in [1.165, 1.54) is 12.2 Å². The van der Waals surface area contributed by atoms with Gasteiger partial charge in [0.25, 0.3) is 0 Å². The zero-order chi connectivity index (χ0) is 14.5. The SMILES string of the molecule is CON(C)C(=O)[C@@H]1CC=CC[C@@H]1C(=O)c1ccccc1. The molecule has 0 radical (unpaired) electrons. The third-order valence-corrected chi connectivity index (χ3v) is 3.73. The highest BCUT2D eigenvalue weighted by molar-refractivity contribution is 6.00. The molecule has 0 bridgehead atoms. The first-order valence-electron chi connectivity index (χ1n) is 6.71. The second-order valence-electron chi connectivity index (χ2n) is 4.90. The quantitative estimate of drug-likeness (QED) is 0.481. The molecule has 1 aliphatic rings. The van der Waals surface area contributed by atoms with Crippen LogP contribution in [0.15, 0.2) is 42.5 Å². The first-order chi connectivity index (χ1) is 9.65. The van der Waals surface area contributed by atoms with Crippen LogP contribution in [0.3, 0.4) is 0 Å². The van der Waals surface area contributed by atoms with Crippen LogP contribution in [0.1, 0.15) is 23.2 Å². The van der Waals surface area contributed by atoms with Crippen LogP contribution in [0.25, 0.3) is 0 Å². The number of amides is 1.